The van der Waals surface area contributed by atoms with Gasteiger partial charge >= 0.3 is 6.36 Å². The van der Waals surface area contributed by atoms with Crippen LogP contribution in [0.5, 0.6) is 11.5 Å². The lowest BCUT2D eigenvalue weighted by atomic mass is 10.00. The van der Waals surface area contributed by atoms with Gasteiger partial charge in [0.1, 0.15) is 17.1 Å². The van der Waals surface area contributed by atoms with Crippen LogP contribution >= 0.6 is 0 Å². The van der Waals surface area contributed by atoms with Gasteiger partial charge in [-0.2, -0.15) is 0 Å². The van der Waals surface area contributed by atoms with Crippen molar-refractivity contribution in [1.82, 2.24) is 9.80 Å². The second kappa shape index (κ2) is 10.8. The molecular formula is C28H31F3N2O5. The number of carbonyl (C=O) groups is 2. The first-order chi connectivity index (χ1) is 18.2. The fraction of sp³-hybridized carbons (Fsp3) is 0.500. The Labute approximate surface area is 219 Å². The summed E-state index contributed by atoms with van der Waals surface area (Å²) in [7, 11) is 0. The van der Waals surface area contributed by atoms with Gasteiger partial charge in [0.05, 0.1) is 26.3 Å². The SMILES string of the molecule is O=C(CCc1ccc(OC(F)(F)F)cc1)N1CCOC2(CCN(C(=O)c3ccc(OCC4CC4)cc3)C2)C1. The third-order valence-electron chi connectivity index (χ3n) is 7.27. The molecule has 204 valence electrons. The number of halogens is 3. The minimum atomic E-state index is -4.74. The predicted octanol–water partition coefficient (Wildman–Crippen LogP) is 4.45. The number of alkyl halides is 3. The molecule has 3 aliphatic rings. The Hall–Kier alpha value is -3.27. The van der Waals surface area contributed by atoms with Crippen LogP contribution in [0.15, 0.2) is 48.5 Å². The molecule has 2 aromatic rings. The van der Waals surface area contributed by atoms with E-state index in [9.17, 15) is 22.8 Å². The highest BCUT2D eigenvalue weighted by molar-refractivity contribution is 5.94. The van der Waals surface area contributed by atoms with E-state index in [0.29, 0.717) is 57.1 Å². The molecule has 0 aromatic heterocycles. The molecule has 2 aliphatic heterocycles. The maximum atomic E-state index is 13.1. The molecule has 10 heteroatoms. The summed E-state index contributed by atoms with van der Waals surface area (Å²) in [5, 5.41) is 0. The Balaban J connectivity index is 1.11. The Morgan fingerprint density at radius 1 is 0.947 bits per heavy atom. The lowest BCUT2D eigenvalue weighted by Crippen LogP contribution is -2.55. The van der Waals surface area contributed by atoms with Crippen molar-refractivity contribution in [3.63, 3.8) is 0 Å². The minimum Gasteiger partial charge on any atom is -0.493 e. The molecule has 0 radical (unpaired) electrons. The number of carbonyl (C=O) groups excluding carboxylic acids is 2. The van der Waals surface area contributed by atoms with Crippen LogP contribution in [-0.4, -0.2) is 73.0 Å². The maximum absolute atomic E-state index is 13.1. The molecule has 3 fully saturated rings. The van der Waals surface area contributed by atoms with E-state index in [0.717, 1.165) is 17.9 Å². The maximum Gasteiger partial charge on any atom is 0.573 e. The molecule has 7 nitrogen and oxygen atoms in total. The molecule has 38 heavy (non-hydrogen) atoms. The van der Waals surface area contributed by atoms with Crippen molar-refractivity contribution in [1.29, 1.82) is 0 Å². The van der Waals surface area contributed by atoms with Crippen LogP contribution in [0, 0.1) is 5.92 Å². The molecule has 2 saturated heterocycles. The summed E-state index contributed by atoms with van der Waals surface area (Å²) in [6, 6.07) is 12.8. The van der Waals surface area contributed by atoms with Gasteiger partial charge in [-0.15, -0.1) is 13.2 Å². The second-order valence-electron chi connectivity index (χ2n) is 10.3. The Bertz CT molecular complexity index is 1130. The highest BCUT2D eigenvalue weighted by atomic mass is 19.4. The molecule has 0 bridgehead atoms. The first-order valence-corrected chi connectivity index (χ1v) is 13.0. The molecule has 0 N–H and O–H groups in total. The summed E-state index contributed by atoms with van der Waals surface area (Å²) in [5.41, 5.74) is 0.752. The van der Waals surface area contributed by atoms with Gasteiger partial charge in [-0.1, -0.05) is 12.1 Å². The zero-order valence-corrected chi connectivity index (χ0v) is 21.0. The number of aryl methyl sites for hydroxylation is 1. The van der Waals surface area contributed by atoms with Crippen molar-refractivity contribution in [3.05, 3.63) is 59.7 Å². The van der Waals surface area contributed by atoms with E-state index in [1.54, 1.807) is 21.9 Å². The van der Waals surface area contributed by atoms with Gasteiger partial charge in [-0.3, -0.25) is 9.59 Å². The van der Waals surface area contributed by atoms with Crippen LogP contribution in [0.2, 0.25) is 0 Å². The highest BCUT2D eigenvalue weighted by Crippen LogP contribution is 2.32. The number of benzene rings is 2. The van der Waals surface area contributed by atoms with Crippen molar-refractivity contribution in [2.24, 2.45) is 5.92 Å². The van der Waals surface area contributed by atoms with Gasteiger partial charge in [0.25, 0.3) is 5.91 Å². The quantitative estimate of drug-likeness (QED) is 0.503. The van der Waals surface area contributed by atoms with Crippen molar-refractivity contribution >= 4 is 11.8 Å². The summed E-state index contributed by atoms with van der Waals surface area (Å²) in [6.45, 7) is 2.95. The van der Waals surface area contributed by atoms with Crippen LogP contribution in [-0.2, 0) is 16.0 Å². The van der Waals surface area contributed by atoms with Crippen molar-refractivity contribution in [3.8, 4) is 11.5 Å². The Morgan fingerprint density at radius 3 is 2.32 bits per heavy atom. The monoisotopic (exact) mass is 532 g/mol. The van der Waals surface area contributed by atoms with Gasteiger partial charge in [-0.05, 0) is 73.6 Å². The van der Waals surface area contributed by atoms with E-state index in [2.05, 4.69) is 4.74 Å². The van der Waals surface area contributed by atoms with E-state index in [-0.39, 0.29) is 24.0 Å². The normalized spacial score (nSPS) is 21.6. The summed E-state index contributed by atoms with van der Waals surface area (Å²) in [4.78, 5) is 29.6. The summed E-state index contributed by atoms with van der Waals surface area (Å²) in [6.07, 6.45) is -1.02. The molecular weight excluding hydrogens is 501 g/mol. The second-order valence-corrected chi connectivity index (χ2v) is 10.3. The molecule has 2 aromatic carbocycles. The topological polar surface area (TPSA) is 68.3 Å². The molecule has 2 heterocycles. The first-order valence-electron chi connectivity index (χ1n) is 13.0. The number of hydrogen-bond acceptors (Lipinski definition) is 5. The lowest BCUT2D eigenvalue weighted by molar-refractivity contribution is -0.274. The number of nitrogens with zero attached hydrogens (tertiary/aromatic N) is 2. The molecule has 1 unspecified atom stereocenters. The number of morpholine rings is 1. The largest absolute Gasteiger partial charge is 0.573 e. The van der Waals surface area contributed by atoms with Crippen LogP contribution in [0.3, 0.4) is 0 Å². The third kappa shape index (κ3) is 6.78. The molecule has 1 atom stereocenters. The average molecular weight is 533 g/mol. The first kappa shape index (κ1) is 26.3. The number of amides is 2. The van der Waals surface area contributed by atoms with E-state index >= 15 is 0 Å². The average Bonchev–Trinajstić information content (AvgIpc) is 3.65. The van der Waals surface area contributed by atoms with E-state index < -0.39 is 12.0 Å². The number of ether oxygens (including phenoxy) is 3. The fourth-order valence-corrected chi connectivity index (χ4v) is 4.96. The Morgan fingerprint density at radius 2 is 1.63 bits per heavy atom. The van der Waals surface area contributed by atoms with Gasteiger partial charge in [0, 0.05) is 25.1 Å². The molecule has 1 spiro atoms. The van der Waals surface area contributed by atoms with Crippen LogP contribution < -0.4 is 9.47 Å². The summed E-state index contributed by atoms with van der Waals surface area (Å²) >= 11 is 0. The van der Waals surface area contributed by atoms with Gasteiger partial charge in [-0.25, -0.2) is 0 Å². The zero-order valence-electron chi connectivity index (χ0n) is 21.0. The molecule has 2 amide bonds. The van der Waals surface area contributed by atoms with Crippen LogP contribution in [0.4, 0.5) is 13.2 Å². The number of hydrogen-bond donors (Lipinski definition) is 0. The van der Waals surface area contributed by atoms with E-state index in [1.165, 1.54) is 37.1 Å². The van der Waals surface area contributed by atoms with Gasteiger partial charge < -0.3 is 24.0 Å². The highest BCUT2D eigenvalue weighted by Gasteiger charge is 2.45. The summed E-state index contributed by atoms with van der Waals surface area (Å²) in [5.74, 6) is 1.02. The lowest BCUT2D eigenvalue weighted by Gasteiger charge is -2.40. The number of likely N-dealkylation sites (tertiary alicyclic amines) is 1. The van der Waals surface area contributed by atoms with Gasteiger partial charge in [0.15, 0.2) is 0 Å². The number of rotatable bonds is 8. The zero-order chi connectivity index (χ0) is 26.8. The summed E-state index contributed by atoms with van der Waals surface area (Å²) < 4.78 is 52.8. The van der Waals surface area contributed by atoms with Crippen molar-refractivity contribution in [2.45, 2.75) is 44.1 Å². The molecule has 1 saturated carbocycles. The van der Waals surface area contributed by atoms with E-state index in [1.807, 2.05) is 12.1 Å². The molecule has 1 aliphatic carbocycles. The molecule has 5 rings (SSSR count). The van der Waals surface area contributed by atoms with Crippen LogP contribution in [0.25, 0.3) is 0 Å². The van der Waals surface area contributed by atoms with E-state index in [4.69, 9.17) is 9.47 Å². The fourth-order valence-electron chi connectivity index (χ4n) is 4.96. The van der Waals surface area contributed by atoms with Crippen LogP contribution in [0.1, 0.15) is 41.6 Å². The predicted molar refractivity (Wildman–Crippen MR) is 132 cm³/mol. The standard InChI is InChI=1S/C28H31F3N2O5/c29-28(30,31)38-24-8-3-20(4-9-24)5-12-25(34)32-15-16-37-27(18-32)13-14-33(19-27)26(35)22-6-10-23(11-7-22)36-17-21-1-2-21/h3-4,6-11,21H,1-2,5,12-19H2. The van der Waals surface area contributed by atoms with Crippen molar-refractivity contribution < 1.29 is 37.0 Å². The minimum absolute atomic E-state index is 0.0464. The smallest absolute Gasteiger partial charge is 0.493 e. The van der Waals surface area contributed by atoms with Gasteiger partial charge in [0.2, 0.25) is 5.91 Å². The van der Waals surface area contributed by atoms with Crippen molar-refractivity contribution in [2.75, 3.05) is 39.4 Å². The third-order valence-corrected chi connectivity index (χ3v) is 7.27. The Kier molecular flexibility index (Phi) is 7.52.